The number of amides is 1. The summed E-state index contributed by atoms with van der Waals surface area (Å²) in [4.78, 5) is 30.2. The third-order valence-corrected chi connectivity index (χ3v) is 5.63. The molecule has 3 fully saturated rings. The summed E-state index contributed by atoms with van der Waals surface area (Å²) < 4.78 is 10.7. The highest BCUT2D eigenvalue weighted by Crippen LogP contribution is 2.32. The minimum Gasteiger partial charge on any atom is -0.411 e. The second kappa shape index (κ2) is 7.15. The summed E-state index contributed by atoms with van der Waals surface area (Å²) in [7, 11) is 0. The van der Waals surface area contributed by atoms with E-state index in [0.29, 0.717) is 23.3 Å². The van der Waals surface area contributed by atoms with Crippen LogP contribution in [-0.4, -0.2) is 46.7 Å². The van der Waals surface area contributed by atoms with E-state index in [-0.39, 0.29) is 29.6 Å². The lowest BCUT2D eigenvalue weighted by Gasteiger charge is -2.49. The molecular formula is C20H23N3O4. The van der Waals surface area contributed by atoms with Crippen molar-refractivity contribution in [2.75, 3.05) is 13.1 Å². The third kappa shape index (κ3) is 3.60. The molecule has 0 spiro atoms. The lowest BCUT2D eigenvalue weighted by Crippen LogP contribution is -2.62. The number of ketones is 1. The third-order valence-electron chi connectivity index (χ3n) is 5.63. The predicted octanol–water partition coefficient (Wildman–Crippen LogP) is 2.88. The van der Waals surface area contributed by atoms with E-state index in [2.05, 4.69) is 22.1 Å². The molecule has 0 radical (unpaired) electrons. The van der Waals surface area contributed by atoms with Gasteiger partial charge in [0.1, 0.15) is 5.75 Å². The van der Waals surface area contributed by atoms with Gasteiger partial charge in [-0.25, -0.2) is 0 Å². The van der Waals surface area contributed by atoms with Crippen LogP contribution < -0.4 is 10.1 Å². The smallest absolute Gasteiger partial charge is 0.399 e. The van der Waals surface area contributed by atoms with E-state index in [1.165, 1.54) is 13.1 Å². The summed E-state index contributed by atoms with van der Waals surface area (Å²) >= 11 is 0. The molecule has 3 aliphatic rings. The van der Waals surface area contributed by atoms with Crippen LogP contribution in [0.3, 0.4) is 0 Å². The van der Waals surface area contributed by atoms with Crippen molar-refractivity contribution < 1.29 is 18.7 Å². The lowest BCUT2D eigenvalue weighted by atomic mass is 9.79. The number of carbonyl (C=O) groups excluding carboxylic acids is 2. The molecule has 1 N–H and O–H groups in total. The largest absolute Gasteiger partial charge is 0.411 e. The molecule has 0 saturated carbocycles. The maximum absolute atomic E-state index is 12.6. The number of ether oxygens (including phenoxy) is 1. The van der Waals surface area contributed by atoms with Crippen molar-refractivity contribution in [3.63, 3.8) is 0 Å². The van der Waals surface area contributed by atoms with Crippen LogP contribution in [0.1, 0.15) is 47.6 Å². The standard InChI is InChI=1S/C20H23N3O4/c1-12-18(14-7-9-23(12)10-8-14)22-19(25)15-3-5-16(6-4-15)26-20-21-11-17(27-20)13(2)24/h3-6,11-12,14,18H,7-10H2,1-2H3,(H,22,25). The van der Waals surface area contributed by atoms with E-state index < -0.39 is 0 Å². The van der Waals surface area contributed by atoms with Crippen LogP contribution in [-0.2, 0) is 0 Å². The molecule has 0 aliphatic carbocycles. The molecule has 2 bridgehead atoms. The number of carbonyl (C=O) groups is 2. The van der Waals surface area contributed by atoms with Crippen molar-refractivity contribution in [3.8, 4) is 11.8 Å². The Morgan fingerprint density at radius 3 is 2.52 bits per heavy atom. The van der Waals surface area contributed by atoms with Crippen LogP contribution in [0.15, 0.2) is 34.9 Å². The van der Waals surface area contributed by atoms with Gasteiger partial charge < -0.3 is 14.5 Å². The maximum atomic E-state index is 12.6. The Labute approximate surface area is 157 Å². The number of hydrogen-bond donors (Lipinski definition) is 1. The highest BCUT2D eigenvalue weighted by molar-refractivity contribution is 5.94. The van der Waals surface area contributed by atoms with E-state index in [9.17, 15) is 9.59 Å². The Morgan fingerprint density at radius 1 is 1.22 bits per heavy atom. The van der Waals surface area contributed by atoms with E-state index >= 15 is 0 Å². The van der Waals surface area contributed by atoms with Crippen LogP contribution in [0.4, 0.5) is 0 Å². The van der Waals surface area contributed by atoms with Gasteiger partial charge in [0.25, 0.3) is 5.91 Å². The molecule has 2 aromatic rings. The van der Waals surface area contributed by atoms with Crippen molar-refractivity contribution in [1.29, 1.82) is 0 Å². The zero-order valence-corrected chi connectivity index (χ0v) is 15.5. The van der Waals surface area contributed by atoms with Gasteiger partial charge in [-0.15, -0.1) is 0 Å². The molecule has 27 heavy (non-hydrogen) atoms. The fourth-order valence-corrected chi connectivity index (χ4v) is 4.02. The summed E-state index contributed by atoms with van der Waals surface area (Å²) in [6.07, 6.45) is 3.63. The van der Waals surface area contributed by atoms with Crippen LogP contribution in [0.2, 0.25) is 0 Å². The van der Waals surface area contributed by atoms with Gasteiger partial charge in [0.05, 0.1) is 6.20 Å². The average molecular weight is 369 g/mol. The number of rotatable bonds is 5. The number of hydrogen-bond acceptors (Lipinski definition) is 6. The van der Waals surface area contributed by atoms with E-state index in [1.54, 1.807) is 24.3 Å². The minimum absolute atomic E-state index is 0.00138. The Hall–Kier alpha value is -2.67. The van der Waals surface area contributed by atoms with Crippen LogP contribution in [0, 0.1) is 5.92 Å². The number of aromatic nitrogens is 1. The summed E-state index contributed by atoms with van der Waals surface area (Å²) in [5.74, 6) is 0.915. The number of nitrogens with one attached hydrogen (secondary N) is 1. The summed E-state index contributed by atoms with van der Waals surface area (Å²) in [5, 5.41) is 3.21. The Balaban J connectivity index is 1.39. The number of nitrogens with zero attached hydrogens (tertiary/aromatic N) is 2. The van der Waals surface area contributed by atoms with E-state index in [0.717, 1.165) is 25.9 Å². The first-order valence-electron chi connectivity index (χ1n) is 9.31. The van der Waals surface area contributed by atoms with Crippen LogP contribution in [0.25, 0.3) is 0 Å². The molecule has 4 heterocycles. The number of oxazole rings is 1. The normalized spacial score (nSPS) is 26.6. The van der Waals surface area contributed by atoms with Crippen molar-refractivity contribution in [1.82, 2.24) is 15.2 Å². The molecular weight excluding hydrogens is 346 g/mol. The first-order valence-corrected chi connectivity index (χ1v) is 9.31. The Kier molecular flexibility index (Phi) is 4.70. The molecule has 1 aromatic carbocycles. The molecule has 5 rings (SSSR count). The summed E-state index contributed by atoms with van der Waals surface area (Å²) in [6.45, 7) is 5.86. The minimum atomic E-state index is -0.216. The number of benzene rings is 1. The highest BCUT2D eigenvalue weighted by atomic mass is 16.6. The van der Waals surface area contributed by atoms with Crippen molar-refractivity contribution in [2.45, 2.75) is 38.8 Å². The van der Waals surface area contributed by atoms with Gasteiger partial charge in [-0.2, -0.15) is 4.98 Å². The van der Waals surface area contributed by atoms with Gasteiger partial charge in [0.15, 0.2) is 11.5 Å². The first-order chi connectivity index (χ1) is 13.0. The molecule has 1 aromatic heterocycles. The molecule has 2 unspecified atom stereocenters. The molecule has 2 atom stereocenters. The van der Waals surface area contributed by atoms with Gasteiger partial charge in [-0.3, -0.25) is 14.5 Å². The van der Waals surface area contributed by atoms with Crippen molar-refractivity contribution in [3.05, 3.63) is 41.8 Å². The molecule has 7 nitrogen and oxygen atoms in total. The topological polar surface area (TPSA) is 84.7 Å². The second-order valence-corrected chi connectivity index (χ2v) is 7.29. The van der Waals surface area contributed by atoms with Gasteiger partial charge in [0.2, 0.25) is 0 Å². The zero-order chi connectivity index (χ0) is 19.0. The molecule has 3 saturated heterocycles. The average Bonchev–Trinajstić information content (AvgIpc) is 3.14. The summed E-state index contributed by atoms with van der Waals surface area (Å²) in [5.41, 5.74) is 0.586. The Bertz CT molecular complexity index is 835. The first kappa shape index (κ1) is 17.7. The maximum Gasteiger partial charge on any atom is 0.399 e. The van der Waals surface area contributed by atoms with Crippen LogP contribution >= 0.6 is 0 Å². The van der Waals surface area contributed by atoms with Gasteiger partial charge in [-0.05, 0) is 63.0 Å². The number of piperidine rings is 3. The van der Waals surface area contributed by atoms with Gasteiger partial charge >= 0.3 is 6.08 Å². The summed E-state index contributed by atoms with van der Waals surface area (Å²) in [6, 6.07) is 7.38. The monoisotopic (exact) mass is 369 g/mol. The van der Waals surface area contributed by atoms with E-state index in [4.69, 9.17) is 9.15 Å². The lowest BCUT2D eigenvalue weighted by molar-refractivity contribution is 0.0217. The molecule has 7 heteroatoms. The van der Waals surface area contributed by atoms with E-state index in [1.807, 2.05) is 0 Å². The van der Waals surface area contributed by atoms with Crippen molar-refractivity contribution >= 4 is 11.7 Å². The molecule has 1 amide bonds. The second-order valence-electron chi connectivity index (χ2n) is 7.29. The fraction of sp³-hybridized carbons (Fsp3) is 0.450. The van der Waals surface area contributed by atoms with Gasteiger partial charge in [-0.1, -0.05) is 0 Å². The highest BCUT2D eigenvalue weighted by Gasteiger charge is 2.40. The molecule has 142 valence electrons. The number of fused-ring (bicyclic) bond motifs is 3. The number of Topliss-reactive ketones (excluding diaryl/α,β-unsaturated/α-hetero) is 1. The zero-order valence-electron chi connectivity index (χ0n) is 15.5. The van der Waals surface area contributed by atoms with Gasteiger partial charge in [0, 0.05) is 24.6 Å². The Morgan fingerprint density at radius 2 is 1.93 bits per heavy atom. The SMILES string of the molecule is CC(=O)c1cnc(Oc2ccc(C(=O)NC3C4CCN(CC4)C3C)cc2)o1. The van der Waals surface area contributed by atoms with Crippen LogP contribution in [0.5, 0.6) is 11.8 Å². The van der Waals surface area contributed by atoms with Crippen molar-refractivity contribution in [2.24, 2.45) is 5.92 Å². The predicted molar refractivity (Wildman–Crippen MR) is 98.0 cm³/mol. The quantitative estimate of drug-likeness (QED) is 0.816. The fourth-order valence-electron chi connectivity index (χ4n) is 4.02. The molecule has 3 aliphatic heterocycles.